The highest BCUT2D eigenvalue weighted by atomic mass is 32.2. The quantitative estimate of drug-likeness (QED) is 0.321. The van der Waals surface area contributed by atoms with Crippen molar-refractivity contribution in [2.75, 3.05) is 11.1 Å². The summed E-state index contributed by atoms with van der Waals surface area (Å²) in [5.41, 5.74) is 9.59. The van der Waals surface area contributed by atoms with E-state index >= 15 is 0 Å². The Morgan fingerprint density at radius 2 is 1.72 bits per heavy atom. The number of halogens is 1. The predicted octanol–water partition coefficient (Wildman–Crippen LogP) is 5.58. The fraction of sp³-hybridized carbons (Fsp3) is 0.400. The molecule has 208 valence electrons. The predicted molar refractivity (Wildman–Crippen MR) is 154 cm³/mol. The molecular weight excluding hydrogens is 515 g/mol. The van der Waals surface area contributed by atoms with E-state index in [1.54, 1.807) is 37.4 Å². The molecule has 0 radical (unpaired) electrons. The van der Waals surface area contributed by atoms with Crippen LogP contribution in [0.15, 0.2) is 60.8 Å². The molecular formula is C30H37FN4O3S. The number of amides is 1. The Labute approximate surface area is 230 Å². The number of nitrogens with two attached hydrogens (primary N) is 1. The van der Waals surface area contributed by atoms with E-state index in [9.17, 15) is 17.6 Å². The molecule has 0 bridgehead atoms. The van der Waals surface area contributed by atoms with E-state index in [0.29, 0.717) is 41.8 Å². The van der Waals surface area contributed by atoms with Crippen LogP contribution >= 0.6 is 0 Å². The van der Waals surface area contributed by atoms with Crippen LogP contribution in [0.3, 0.4) is 0 Å². The average molecular weight is 553 g/mol. The van der Waals surface area contributed by atoms with Crippen molar-refractivity contribution in [1.82, 2.24) is 9.71 Å². The van der Waals surface area contributed by atoms with Gasteiger partial charge in [-0.05, 0) is 70.1 Å². The summed E-state index contributed by atoms with van der Waals surface area (Å²) >= 11 is 0. The minimum absolute atomic E-state index is 0.0637. The topological polar surface area (TPSA) is 114 Å². The number of hydrogen-bond donors (Lipinski definition) is 3. The van der Waals surface area contributed by atoms with Crippen molar-refractivity contribution in [2.24, 2.45) is 11.7 Å². The number of nitrogens with one attached hydrogen (secondary N) is 2. The van der Waals surface area contributed by atoms with Crippen molar-refractivity contribution in [1.29, 1.82) is 0 Å². The Morgan fingerprint density at radius 3 is 2.33 bits per heavy atom. The molecule has 7 nitrogen and oxygen atoms in total. The number of carbonyl (C=O) groups is 1. The van der Waals surface area contributed by atoms with Crippen LogP contribution in [0.5, 0.6) is 0 Å². The van der Waals surface area contributed by atoms with Crippen molar-refractivity contribution in [3.63, 3.8) is 0 Å². The number of pyridine rings is 1. The first-order chi connectivity index (χ1) is 18.4. The Morgan fingerprint density at radius 1 is 1.05 bits per heavy atom. The first kappa shape index (κ1) is 28.9. The fourth-order valence-corrected chi connectivity index (χ4v) is 5.91. The molecule has 1 fully saturated rings. The molecule has 0 saturated heterocycles. The van der Waals surface area contributed by atoms with Crippen LogP contribution < -0.4 is 15.8 Å². The van der Waals surface area contributed by atoms with E-state index in [4.69, 9.17) is 5.73 Å². The van der Waals surface area contributed by atoms with Crippen molar-refractivity contribution < 1.29 is 17.6 Å². The Kier molecular flexibility index (Phi) is 8.83. The number of nitrogens with zero attached hydrogens (tertiary/aromatic N) is 1. The van der Waals surface area contributed by atoms with Gasteiger partial charge in [-0.1, -0.05) is 42.5 Å². The molecule has 4 N–H and O–H groups in total. The lowest BCUT2D eigenvalue weighted by atomic mass is 9.84. The molecule has 0 unspecified atom stereocenters. The van der Waals surface area contributed by atoms with Crippen LogP contribution in [0.25, 0.3) is 22.4 Å². The van der Waals surface area contributed by atoms with Gasteiger partial charge in [-0.25, -0.2) is 17.5 Å². The van der Waals surface area contributed by atoms with Gasteiger partial charge in [0.2, 0.25) is 15.9 Å². The molecule has 2 aromatic carbocycles. The summed E-state index contributed by atoms with van der Waals surface area (Å²) in [5.74, 6) is -0.278. The molecule has 0 atom stereocenters. The number of benzene rings is 2. The molecule has 3 aromatic rings. The second-order valence-electron chi connectivity index (χ2n) is 10.9. The number of anilines is 1. The van der Waals surface area contributed by atoms with Crippen molar-refractivity contribution in [3.05, 3.63) is 72.2 Å². The number of hydrogen-bond acceptors (Lipinski definition) is 5. The molecule has 1 aliphatic rings. The van der Waals surface area contributed by atoms with Gasteiger partial charge in [-0.2, -0.15) is 0 Å². The molecule has 1 aromatic heterocycles. The molecule has 1 saturated carbocycles. The smallest absolute Gasteiger partial charge is 0.224 e. The summed E-state index contributed by atoms with van der Waals surface area (Å²) in [6, 6.07) is 15.9. The zero-order valence-corrected chi connectivity index (χ0v) is 23.5. The Bertz CT molecular complexity index is 1410. The first-order valence-electron chi connectivity index (χ1n) is 13.4. The standard InChI is InChI=1S/C30H37FN4O3S/c1-4-39(37,38)35-23-15-9-20(10-16-23)17-28(36)34-24-18-26(25-7-5-6-8-27(25)31)29(33-19-24)21-11-13-22(14-12-21)30(2,3)32/h5-8,11-14,18-20,23,35H,4,9-10,15-17,32H2,1-3H3,(H,34,36). The van der Waals surface area contributed by atoms with Crippen LogP contribution in [-0.4, -0.2) is 31.1 Å². The molecule has 1 heterocycles. The fourth-order valence-electron chi connectivity index (χ4n) is 5.00. The highest BCUT2D eigenvalue weighted by Crippen LogP contribution is 2.35. The minimum Gasteiger partial charge on any atom is -0.325 e. The van der Waals surface area contributed by atoms with Gasteiger partial charge in [-0.15, -0.1) is 0 Å². The zero-order valence-electron chi connectivity index (χ0n) is 22.7. The molecule has 9 heteroatoms. The van der Waals surface area contributed by atoms with Crippen molar-refractivity contribution in [3.8, 4) is 22.4 Å². The van der Waals surface area contributed by atoms with E-state index in [2.05, 4.69) is 15.0 Å². The second kappa shape index (κ2) is 11.9. The summed E-state index contributed by atoms with van der Waals surface area (Å²) in [5, 5.41) is 2.93. The Balaban J connectivity index is 1.50. The lowest BCUT2D eigenvalue weighted by molar-refractivity contribution is -0.117. The normalized spacial score (nSPS) is 18.1. The highest BCUT2D eigenvalue weighted by molar-refractivity contribution is 7.89. The van der Waals surface area contributed by atoms with Gasteiger partial charge in [0, 0.05) is 34.7 Å². The van der Waals surface area contributed by atoms with Gasteiger partial charge >= 0.3 is 0 Å². The SMILES string of the molecule is CCS(=O)(=O)NC1CCC(CC(=O)Nc2cnc(-c3ccc(C(C)(C)N)cc3)c(-c3ccccc3F)c2)CC1. The summed E-state index contributed by atoms with van der Waals surface area (Å²) in [7, 11) is -3.23. The number of carbonyl (C=O) groups excluding carboxylic acids is 1. The van der Waals surface area contributed by atoms with E-state index in [0.717, 1.165) is 24.0 Å². The molecule has 39 heavy (non-hydrogen) atoms. The van der Waals surface area contributed by atoms with Crippen LogP contribution in [0.4, 0.5) is 10.1 Å². The maximum Gasteiger partial charge on any atom is 0.224 e. The average Bonchev–Trinajstić information content (AvgIpc) is 2.89. The largest absolute Gasteiger partial charge is 0.325 e. The van der Waals surface area contributed by atoms with Gasteiger partial charge in [0.05, 0.1) is 23.3 Å². The number of rotatable bonds is 9. The number of sulfonamides is 1. The third-order valence-electron chi connectivity index (χ3n) is 7.28. The van der Waals surface area contributed by atoms with Gasteiger partial charge < -0.3 is 11.1 Å². The van der Waals surface area contributed by atoms with Crippen LogP contribution in [-0.2, 0) is 20.4 Å². The maximum absolute atomic E-state index is 14.9. The van der Waals surface area contributed by atoms with Gasteiger partial charge in [0.25, 0.3) is 0 Å². The van der Waals surface area contributed by atoms with E-state index < -0.39 is 15.6 Å². The van der Waals surface area contributed by atoms with Crippen molar-refractivity contribution >= 4 is 21.6 Å². The molecule has 1 amide bonds. The third kappa shape index (κ3) is 7.50. The summed E-state index contributed by atoms with van der Waals surface area (Å²) in [4.78, 5) is 17.5. The zero-order chi connectivity index (χ0) is 28.2. The van der Waals surface area contributed by atoms with E-state index in [1.807, 2.05) is 38.1 Å². The van der Waals surface area contributed by atoms with Crippen LogP contribution in [0, 0.1) is 11.7 Å². The van der Waals surface area contributed by atoms with Gasteiger partial charge in [0.1, 0.15) is 5.82 Å². The highest BCUT2D eigenvalue weighted by Gasteiger charge is 2.26. The van der Waals surface area contributed by atoms with E-state index in [-0.39, 0.29) is 29.4 Å². The van der Waals surface area contributed by atoms with Crippen LogP contribution in [0.1, 0.15) is 58.4 Å². The van der Waals surface area contributed by atoms with Gasteiger partial charge in [0.15, 0.2) is 0 Å². The number of aromatic nitrogens is 1. The third-order valence-corrected chi connectivity index (χ3v) is 8.74. The molecule has 0 spiro atoms. The lowest BCUT2D eigenvalue weighted by Crippen LogP contribution is -2.38. The maximum atomic E-state index is 14.9. The van der Waals surface area contributed by atoms with E-state index in [1.165, 1.54) is 6.07 Å². The van der Waals surface area contributed by atoms with Crippen LogP contribution in [0.2, 0.25) is 0 Å². The summed E-state index contributed by atoms with van der Waals surface area (Å²) < 4.78 is 41.3. The monoisotopic (exact) mass is 552 g/mol. The molecule has 4 rings (SSSR count). The van der Waals surface area contributed by atoms with Crippen molar-refractivity contribution in [2.45, 2.75) is 64.5 Å². The molecule has 1 aliphatic carbocycles. The lowest BCUT2D eigenvalue weighted by Gasteiger charge is -2.28. The van der Waals surface area contributed by atoms with Gasteiger partial charge in [-0.3, -0.25) is 9.78 Å². The first-order valence-corrected chi connectivity index (χ1v) is 15.0. The summed E-state index contributed by atoms with van der Waals surface area (Å²) in [6.45, 7) is 5.49. The second-order valence-corrected chi connectivity index (χ2v) is 12.9. The Hall–Kier alpha value is -3.14. The summed E-state index contributed by atoms with van der Waals surface area (Å²) in [6.07, 6.45) is 4.90. The molecule has 0 aliphatic heterocycles. The minimum atomic E-state index is -3.23.